The third-order valence-electron chi connectivity index (χ3n) is 5.34. The minimum absolute atomic E-state index is 0.0288. The van der Waals surface area contributed by atoms with Gasteiger partial charge >= 0.3 is 0 Å². The van der Waals surface area contributed by atoms with E-state index in [4.69, 9.17) is 4.74 Å². The van der Waals surface area contributed by atoms with Crippen molar-refractivity contribution < 1.29 is 22.3 Å². The van der Waals surface area contributed by atoms with Crippen molar-refractivity contribution >= 4 is 15.7 Å². The first-order valence-electron chi connectivity index (χ1n) is 10.4. The van der Waals surface area contributed by atoms with Gasteiger partial charge in [-0.3, -0.25) is 9.69 Å². The third-order valence-corrected chi connectivity index (χ3v) is 7.40. The van der Waals surface area contributed by atoms with Gasteiger partial charge in [0.25, 0.3) is 0 Å². The minimum Gasteiger partial charge on any atom is -0.379 e. The predicted octanol–water partition coefficient (Wildman–Crippen LogP) is 2.73. The molecule has 0 saturated carbocycles. The molecule has 0 aromatic heterocycles. The van der Waals surface area contributed by atoms with E-state index in [0.717, 1.165) is 50.9 Å². The number of carbonyl (C=O) groups excluding carboxylic acids is 1. The van der Waals surface area contributed by atoms with E-state index in [1.165, 1.54) is 19.1 Å². The molecule has 1 atom stereocenters. The van der Waals surface area contributed by atoms with Crippen LogP contribution >= 0.6 is 0 Å². The lowest BCUT2D eigenvalue weighted by atomic mass is 10.2. The SMILES string of the molecule is CCCCCCN(CCN1CCOCC1)C(=O)C(C)S(=O)(=O)c1ccc(F)cc1. The molecule has 0 aliphatic carbocycles. The summed E-state index contributed by atoms with van der Waals surface area (Å²) in [5.41, 5.74) is 0. The summed E-state index contributed by atoms with van der Waals surface area (Å²) in [5, 5.41) is -1.20. The quantitative estimate of drug-likeness (QED) is 0.401. The Morgan fingerprint density at radius 3 is 2.41 bits per heavy atom. The average Bonchev–Trinajstić information content (AvgIpc) is 2.73. The van der Waals surface area contributed by atoms with Crippen LogP contribution in [-0.4, -0.2) is 75.3 Å². The van der Waals surface area contributed by atoms with E-state index in [0.29, 0.717) is 32.8 Å². The molecule has 1 aromatic rings. The van der Waals surface area contributed by atoms with Crippen LogP contribution in [0.4, 0.5) is 4.39 Å². The van der Waals surface area contributed by atoms with Gasteiger partial charge in [0.15, 0.2) is 9.84 Å². The lowest BCUT2D eigenvalue weighted by Gasteiger charge is -2.31. The lowest BCUT2D eigenvalue weighted by Crippen LogP contribution is -2.47. The van der Waals surface area contributed by atoms with E-state index in [2.05, 4.69) is 11.8 Å². The van der Waals surface area contributed by atoms with E-state index >= 15 is 0 Å². The monoisotopic (exact) mass is 428 g/mol. The normalized spacial score (nSPS) is 16.5. The molecule has 1 aliphatic heterocycles. The summed E-state index contributed by atoms with van der Waals surface area (Å²) in [6.07, 6.45) is 4.05. The van der Waals surface area contributed by atoms with Crippen LogP contribution in [0.3, 0.4) is 0 Å². The van der Waals surface area contributed by atoms with E-state index in [9.17, 15) is 17.6 Å². The van der Waals surface area contributed by atoms with Gasteiger partial charge in [0.1, 0.15) is 11.1 Å². The van der Waals surface area contributed by atoms with Gasteiger partial charge in [-0.15, -0.1) is 0 Å². The molecule has 0 spiro atoms. The molecule has 1 fully saturated rings. The molecule has 6 nitrogen and oxygen atoms in total. The number of amides is 1. The maximum absolute atomic E-state index is 13.2. The maximum atomic E-state index is 13.2. The fourth-order valence-corrected chi connectivity index (χ4v) is 4.70. The van der Waals surface area contributed by atoms with Gasteiger partial charge in [-0.05, 0) is 37.6 Å². The van der Waals surface area contributed by atoms with Crippen molar-refractivity contribution in [2.75, 3.05) is 45.9 Å². The zero-order valence-corrected chi connectivity index (χ0v) is 18.3. The number of hydrogen-bond donors (Lipinski definition) is 0. The van der Waals surface area contributed by atoms with E-state index in [1.807, 2.05) is 0 Å². The topological polar surface area (TPSA) is 66.9 Å². The number of rotatable bonds is 11. The van der Waals surface area contributed by atoms with Crippen LogP contribution in [0.5, 0.6) is 0 Å². The van der Waals surface area contributed by atoms with Crippen molar-refractivity contribution in [1.29, 1.82) is 0 Å². The van der Waals surface area contributed by atoms with Crippen LogP contribution in [-0.2, 0) is 19.4 Å². The fourth-order valence-electron chi connectivity index (χ4n) is 3.37. The number of morpholine rings is 1. The van der Waals surface area contributed by atoms with Crippen LogP contribution in [0.2, 0.25) is 0 Å². The Morgan fingerprint density at radius 1 is 1.14 bits per heavy atom. The fraction of sp³-hybridized carbons (Fsp3) is 0.667. The maximum Gasteiger partial charge on any atom is 0.241 e. The number of halogens is 1. The highest BCUT2D eigenvalue weighted by molar-refractivity contribution is 7.92. The summed E-state index contributed by atoms with van der Waals surface area (Å²) in [6.45, 7) is 8.29. The van der Waals surface area contributed by atoms with Gasteiger partial charge in [0, 0.05) is 32.7 Å². The van der Waals surface area contributed by atoms with Crippen molar-refractivity contribution in [3.63, 3.8) is 0 Å². The third kappa shape index (κ3) is 7.04. The molecular formula is C21H33FN2O4S. The number of hydrogen-bond acceptors (Lipinski definition) is 5. The van der Waals surface area contributed by atoms with E-state index < -0.39 is 20.9 Å². The Balaban J connectivity index is 2.07. The molecule has 0 bridgehead atoms. The lowest BCUT2D eigenvalue weighted by molar-refractivity contribution is -0.130. The van der Waals surface area contributed by atoms with Crippen molar-refractivity contribution in [3.05, 3.63) is 30.1 Å². The molecule has 1 saturated heterocycles. The Hall–Kier alpha value is -1.51. The second-order valence-corrected chi connectivity index (χ2v) is 9.75. The number of ether oxygens (including phenoxy) is 1. The molecule has 2 rings (SSSR count). The minimum atomic E-state index is -3.87. The summed E-state index contributed by atoms with van der Waals surface area (Å²) in [6, 6.07) is 4.64. The Bertz CT molecular complexity index is 734. The molecule has 1 amide bonds. The number of carbonyl (C=O) groups is 1. The molecule has 1 heterocycles. The van der Waals surface area contributed by atoms with Crippen molar-refractivity contribution in [2.24, 2.45) is 0 Å². The van der Waals surface area contributed by atoms with Gasteiger partial charge in [-0.2, -0.15) is 0 Å². The van der Waals surface area contributed by atoms with Gasteiger partial charge in [-0.1, -0.05) is 26.2 Å². The first-order valence-corrected chi connectivity index (χ1v) is 12.0. The van der Waals surface area contributed by atoms with Gasteiger partial charge < -0.3 is 9.64 Å². The predicted molar refractivity (Wildman–Crippen MR) is 111 cm³/mol. The van der Waals surface area contributed by atoms with Crippen LogP contribution < -0.4 is 0 Å². The second kappa shape index (κ2) is 11.6. The molecular weight excluding hydrogens is 395 g/mol. The van der Waals surface area contributed by atoms with E-state index in [1.54, 1.807) is 4.90 Å². The number of nitrogens with zero attached hydrogens (tertiary/aromatic N) is 2. The number of benzene rings is 1. The zero-order chi connectivity index (χ0) is 21.3. The van der Waals surface area contributed by atoms with Crippen LogP contribution in [0.1, 0.15) is 39.5 Å². The molecule has 0 radical (unpaired) electrons. The summed E-state index contributed by atoms with van der Waals surface area (Å²) in [4.78, 5) is 17.0. The van der Waals surface area contributed by atoms with Crippen LogP contribution in [0, 0.1) is 5.82 Å². The molecule has 8 heteroatoms. The summed E-state index contributed by atoms with van der Waals surface area (Å²) in [7, 11) is -3.87. The van der Waals surface area contributed by atoms with Crippen molar-refractivity contribution in [1.82, 2.24) is 9.80 Å². The highest BCUT2D eigenvalue weighted by atomic mass is 32.2. The Morgan fingerprint density at radius 2 is 1.79 bits per heavy atom. The second-order valence-electron chi connectivity index (χ2n) is 7.48. The number of sulfone groups is 1. The molecule has 1 aromatic carbocycles. The summed E-state index contributed by atoms with van der Waals surface area (Å²) in [5.74, 6) is -0.898. The Labute approximate surface area is 173 Å². The average molecular weight is 429 g/mol. The molecule has 164 valence electrons. The molecule has 1 unspecified atom stereocenters. The smallest absolute Gasteiger partial charge is 0.241 e. The number of unbranched alkanes of at least 4 members (excludes halogenated alkanes) is 3. The standard InChI is InChI=1S/C21H33FN2O4S/c1-3-4-5-6-11-24(13-12-23-14-16-28-17-15-23)21(25)18(2)29(26,27)20-9-7-19(22)8-10-20/h7-10,18H,3-6,11-17H2,1-2H3. The summed E-state index contributed by atoms with van der Waals surface area (Å²) < 4.78 is 44.3. The van der Waals surface area contributed by atoms with Gasteiger partial charge in [0.2, 0.25) is 5.91 Å². The molecule has 0 N–H and O–H groups in total. The molecule has 1 aliphatic rings. The first kappa shape index (κ1) is 23.8. The van der Waals surface area contributed by atoms with Crippen LogP contribution in [0.15, 0.2) is 29.2 Å². The van der Waals surface area contributed by atoms with Crippen molar-refractivity contribution in [3.8, 4) is 0 Å². The van der Waals surface area contributed by atoms with E-state index in [-0.39, 0.29) is 10.8 Å². The Kier molecular flexibility index (Phi) is 9.52. The van der Waals surface area contributed by atoms with Gasteiger partial charge in [-0.25, -0.2) is 12.8 Å². The zero-order valence-electron chi connectivity index (χ0n) is 17.5. The largest absolute Gasteiger partial charge is 0.379 e. The van der Waals surface area contributed by atoms with Gasteiger partial charge in [0.05, 0.1) is 18.1 Å². The van der Waals surface area contributed by atoms with Crippen LogP contribution in [0.25, 0.3) is 0 Å². The summed E-state index contributed by atoms with van der Waals surface area (Å²) >= 11 is 0. The highest BCUT2D eigenvalue weighted by Gasteiger charge is 2.33. The molecule has 29 heavy (non-hydrogen) atoms. The van der Waals surface area contributed by atoms with Crippen molar-refractivity contribution in [2.45, 2.75) is 49.7 Å². The first-order chi connectivity index (χ1) is 13.9. The highest BCUT2D eigenvalue weighted by Crippen LogP contribution is 2.19.